The van der Waals surface area contributed by atoms with Gasteiger partial charge in [-0.3, -0.25) is 10.1 Å². The molecule has 0 atom stereocenters. The number of methoxy groups -OCH3 is 1. The molecule has 0 bridgehead atoms. The van der Waals surface area contributed by atoms with Gasteiger partial charge < -0.3 is 14.8 Å². The third-order valence-electron chi connectivity index (χ3n) is 4.46. The Labute approximate surface area is 182 Å². The van der Waals surface area contributed by atoms with E-state index in [0.717, 1.165) is 23.5 Å². The summed E-state index contributed by atoms with van der Waals surface area (Å²) in [5, 5.41) is 5.99. The second-order valence-electron chi connectivity index (χ2n) is 6.59. The molecule has 30 heavy (non-hydrogen) atoms. The lowest BCUT2D eigenvalue weighted by atomic mass is 10.2. The minimum Gasteiger partial charge on any atom is -0.497 e. The maximum absolute atomic E-state index is 12.4. The molecule has 0 radical (unpaired) electrons. The fourth-order valence-electron chi connectivity index (χ4n) is 2.78. The zero-order chi connectivity index (χ0) is 21.2. The second kappa shape index (κ2) is 11.0. The summed E-state index contributed by atoms with van der Waals surface area (Å²) in [6.07, 6.45) is 0.831. The summed E-state index contributed by atoms with van der Waals surface area (Å²) in [6.45, 7) is 1.09. The second-order valence-corrected chi connectivity index (χ2v) is 7.00. The maximum Gasteiger partial charge on any atom is 0.257 e. The zero-order valence-corrected chi connectivity index (χ0v) is 17.6. The molecule has 0 aromatic heterocycles. The standard InChI is InChI=1S/C24H24N2O3S/c1-28-21-11-7-19(8-12-21)17-25-24(30)26-23(27)20-9-13-22(14-10-20)29-16-15-18-5-3-2-4-6-18/h2-14H,15-17H2,1H3,(H2,25,26,27,30). The van der Waals surface area contributed by atoms with Crippen LogP contribution < -0.4 is 20.1 Å². The summed E-state index contributed by atoms with van der Waals surface area (Å²) < 4.78 is 10.9. The molecular weight excluding hydrogens is 396 g/mol. The molecule has 0 aliphatic heterocycles. The minimum atomic E-state index is -0.266. The zero-order valence-electron chi connectivity index (χ0n) is 16.8. The molecule has 3 aromatic rings. The summed E-state index contributed by atoms with van der Waals surface area (Å²) in [4.78, 5) is 12.4. The van der Waals surface area contributed by atoms with Gasteiger partial charge in [0, 0.05) is 18.5 Å². The van der Waals surface area contributed by atoms with E-state index in [1.807, 2.05) is 42.5 Å². The number of ether oxygens (including phenoxy) is 2. The Morgan fingerprint density at radius 3 is 2.20 bits per heavy atom. The van der Waals surface area contributed by atoms with E-state index >= 15 is 0 Å². The van der Waals surface area contributed by atoms with Crippen molar-refractivity contribution in [2.75, 3.05) is 13.7 Å². The smallest absolute Gasteiger partial charge is 0.257 e. The van der Waals surface area contributed by atoms with Gasteiger partial charge in [0.2, 0.25) is 0 Å². The number of carbonyl (C=O) groups excluding carboxylic acids is 1. The molecule has 3 aromatic carbocycles. The average Bonchev–Trinajstić information content (AvgIpc) is 2.79. The Balaban J connectivity index is 1.42. The third-order valence-corrected chi connectivity index (χ3v) is 4.70. The molecule has 3 rings (SSSR count). The molecule has 0 saturated carbocycles. The van der Waals surface area contributed by atoms with E-state index in [0.29, 0.717) is 18.7 Å². The van der Waals surface area contributed by atoms with Crippen LogP contribution in [0.25, 0.3) is 0 Å². The molecule has 0 saturated heterocycles. The van der Waals surface area contributed by atoms with Crippen LogP contribution >= 0.6 is 12.2 Å². The van der Waals surface area contributed by atoms with Crippen molar-refractivity contribution in [2.45, 2.75) is 13.0 Å². The molecule has 0 aliphatic carbocycles. The Morgan fingerprint density at radius 1 is 0.867 bits per heavy atom. The van der Waals surface area contributed by atoms with Gasteiger partial charge in [0.15, 0.2) is 5.11 Å². The highest BCUT2D eigenvalue weighted by Crippen LogP contribution is 2.13. The van der Waals surface area contributed by atoms with Crippen LogP contribution in [0, 0.1) is 0 Å². The molecule has 0 heterocycles. The van der Waals surface area contributed by atoms with Gasteiger partial charge in [0.1, 0.15) is 11.5 Å². The predicted molar refractivity (Wildman–Crippen MR) is 122 cm³/mol. The number of thiocarbonyl (C=S) groups is 1. The fourth-order valence-corrected chi connectivity index (χ4v) is 2.94. The van der Waals surface area contributed by atoms with E-state index in [-0.39, 0.29) is 11.0 Å². The molecule has 1 amide bonds. The third kappa shape index (κ3) is 6.60. The van der Waals surface area contributed by atoms with Gasteiger partial charge >= 0.3 is 0 Å². The van der Waals surface area contributed by atoms with Gasteiger partial charge in [-0.1, -0.05) is 42.5 Å². The molecule has 0 aliphatic rings. The van der Waals surface area contributed by atoms with E-state index in [1.165, 1.54) is 5.56 Å². The number of nitrogens with one attached hydrogen (secondary N) is 2. The van der Waals surface area contributed by atoms with Crippen LogP contribution in [0.4, 0.5) is 0 Å². The van der Waals surface area contributed by atoms with Crippen LogP contribution in [0.3, 0.4) is 0 Å². The number of benzene rings is 3. The molecular formula is C24H24N2O3S. The molecule has 0 fully saturated rings. The predicted octanol–water partition coefficient (Wildman–Crippen LogP) is 4.12. The number of carbonyl (C=O) groups is 1. The van der Waals surface area contributed by atoms with Crippen LogP contribution in [-0.2, 0) is 13.0 Å². The Kier molecular flexibility index (Phi) is 7.80. The van der Waals surface area contributed by atoms with Crippen molar-refractivity contribution in [2.24, 2.45) is 0 Å². The van der Waals surface area contributed by atoms with Crippen LogP contribution in [-0.4, -0.2) is 24.7 Å². The minimum absolute atomic E-state index is 0.266. The summed E-state index contributed by atoms with van der Waals surface area (Å²) in [7, 11) is 1.63. The lowest BCUT2D eigenvalue weighted by molar-refractivity contribution is 0.0976. The van der Waals surface area contributed by atoms with E-state index < -0.39 is 0 Å². The van der Waals surface area contributed by atoms with Gasteiger partial charge in [-0.2, -0.15) is 0 Å². The SMILES string of the molecule is COc1ccc(CNC(=S)NC(=O)c2ccc(OCCc3ccccc3)cc2)cc1. The van der Waals surface area contributed by atoms with Gasteiger partial charge in [0.05, 0.1) is 13.7 Å². The van der Waals surface area contributed by atoms with E-state index in [9.17, 15) is 4.79 Å². The van der Waals surface area contributed by atoms with Crippen LogP contribution in [0.1, 0.15) is 21.5 Å². The van der Waals surface area contributed by atoms with Crippen molar-refractivity contribution >= 4 is 23.2 Å². The summed E-state index contributed by atoms with van der Waals surface area (Å²) in [6, 6.07) is 24.8. The van der Waals surface area contributed by atoms with Gasteiger partial charge in [0.25, 0.3) is 5.91 Å². The monoisotopic (exact) mass is 420 g/mol. The molecule has 154 valence electrons. The number of hydrogen-bond donors (Lipinski definition) is 2. The fraction of sp³-hybridized carbons (Fsp3) is 0.167. The lowest BCUT2D eigenvalue weighted by Gasteiger charge is -2.11. The normalized spacial score (nSPS) is 10.2. The molecule has 5 nitrogen and oxygen atoms in total. The summed E-state index contributed by atoms with van der Waals surface area (Å²) >= 11 is 5.22. The molecule has 0 unspecified atom stereocenters. The lowest BCUT2D eigenvalue weighted by Crippen LogP contribution is -2.38. The van der Waals surface area contributed by atoms with Gasteiger partial charge in [-0.25, -0.2) is 0 Å². The summed E-state index contributed by atoms with van der Waals surface area (Å²) in [5.41, 5.74) is 2.77. The van der Waals surface area contributed by atoms with Crippen molar-refractivity contribution in [3.05, 3.63) is 95.6 Å². The molecule has 2 N–H and O–H groups in total. The number of amides is 1. The quantitative estimate of drug-likeness (QED) is 0.537. The van der Waals surface area contributed by atoms with Gasteiger partial charge in [-0.15, -0.1) is 0 Å². The topological polar surface area (TPSA) is 59.6 Å². The van der Waals surface area contributed by atoms with Crippen molar-refractivity contribution < 1.29 is 14.3 Å². The van der Waals surface area contributed by atoms with E-state index in [1.54, 1.807) is 31.4 Å². The first-order valence-corrected chi connectivity index (χ1v) is 10.0. The van der Waals surface area contributed by atoms with Crippen LogP contribution in [0.15, 0.2) is 78.9 Å². The highest BCUT2D eigenvalue weighted by atomic mass is 32.1. The van der Waals surface area contributed by atoms with Crippen LogP contribution in [0.5, 0.6) is 11.5 Å². The van der Waals surface area contributed by atoms with Gasteiger partial charge in [-0.05, 0) is 59.7 Å². The van der Waals surface area contributed by atoms with Crippen molar-refractivity contribution in [1.29, 1.82) is 0 Å². The maximum atomic E-state index is 12.4. The molecule has 6 heteroatoms. The number of rotatable bonds is 8. The Hall–Kier alpha value is -3.38. The first-order chi connectivity index (χ1) is 14.6. The highest BCUT2D eigenvalue weighted by molar-refractivity contribution is 7.80. The van der Waals surface area contributed by atoms with Crippen molar-refractivity contribution in [3.8, 4) is 11.5 Å². The van der Waals surface area contributed by atoms with E-state index in [2.05, 4.69) is 22.8 Å². The highest BCUT2D eigenvalue weighted by Gasteiger charge is 2.08. The first-order valence-electron chi connectivity index (χ1n) is 9.63. The Morgan fingerprint density at radius 2 is 1.53 bits per heavy atom. The largest absolute Gasteiger partial charge is 0.497 e. The number of hydrogen-bond acceptors (Lipinski definition) is 4. The van der Waals surface area contributed by atoms with Crippen LogP contribution in [0.2, 0.25) is 0 Å². The molecule has 0 spiro atoms. The first kappa shape index (κ1) is 21.3. The summed E-state index contributed by atoms with van der Waals surface area (Å²) in [5.74, 6) is 1.25. The van der Waals surface area contributed by atoms with Crippen molar-refractivity contribution in [3.63, 3.8) is 0 Å². The van der Waals surface area contributed by atoms with E-state index in [4.69, 9.17) is 21.7 Å². The van der Waals surface area contributed by atoms with Crippen molar-refractivity contribution in [1.82, 2.24) is 10.6 Å². The average molecular weight is 421 g/mol. The Bertz CT molecular complexity index is 958.